The van der Waals surface area contributed by atoms with Gasteiger partial charge in [-0.05, 0) is 46.7 Å². The SMILES string of the molecule is O=C(CCCCC(=O)NCc1ccccc1-c1ccc([C@H]2O[C@@H](CN3CCN(c4ncccn4)CC3)C[C@@H](c3ccc(CO)cc3)O2)cc1)NO. The van der Waals surface area contributed by atoms with Gasteiger partial charge in [-0.1, -0.05) is 72.8 Å². The van der Waals surface area contributed by atoms with Gasteiger partial charge < -0.3 is 24.8 Å². The number of hydrogen-bond acceptors (Lipinski definition) is 10. The lowest BCUT2D eigenvalue weighted by Gasteiger charge is -2.40. The van der Waals surface area contributed by atoms with Gasteiger partial charge in [0.2, 0.25) is 17.8 Å². The molecule has 2 saturated heterocycles. The van der Waals surface area contributed by atoms with E-state index in [0.717, 1.165) is 72.1 Å². The molecular formula is C39H46N6O6. The highest BCUT2D eigenvalue weighted by atomic mass is 16.7. The van der Waals surface area contributed by atoms with Crippen LogP contribution in [0.5, 0.6) is 0 Å². The van der Waals surface area contributed by atoms with Crippen LogP contribution < -0.4 is 15.7 Å². The minimum absolute atomic E-state index is 0.00456. The molecule has 0 spiro atoms. The standard InChI is InChI=1S/C39H46N6O6/c46-27-28-10-12-30(13-11-28)35-24-33(26-44-20-22-45(23-21-44)39-40-18-5-19-41-39)50-38(51-35)31-16-14-29(15-17-31)34-7-2-1-6-32(34)25-42-36(47)8-3-4-9-37(48)43-49/h1-2,5-7,10-19,33,35,38,46,49H,3-4,8-9,20-27H2,(H,42,47)(H,43,48)/t33-,35+,38+/m1/s1. The number of rotatable bonds is 14. The summed E-state index contributed by atoms with van der Waals surface area (Å²) >= 11 is 0. The molecule has 3 aromatic carbocycles. The number of carbonyl (C=O) groups excluding carboxylic acids is 2. The van der Waals surface area contributed by atoms with Crippen molar-refractivity contribution in [3.63, 3.8) is 0 Å². The van der Waals surface area contributed by atoms with Crippen molar-refractivity contribution in [1.29, 1.82) is 0 Å². The average Bonchev–Trinajstić information content (AvgIpc) is 3.19. The van der Waals surface area contributed by atoms with Gasteiger partial charge in [-0.2, -0.15) is 0 Å². The van der Waals surface area contributed by atoms with E-state index in [1.165, 1.54) is 0 Å². The second kappa shape index (κ2) is 18.0. The Morgan fingerprint density at radius 1 is 0.804 bits per heavy atom. The lowest BCUT2D eigenvalue weighted by molar-refractivity contribution is -0.253. The summed E-state index contributed by atoms with van der Waals surface area (Å²) in [6, 6.07) is 26.0. The fraction of sp³-hybridized carbons (Fsp3) is 0.385. The van der Waals surface area contributed by atoms with Crippen LogP contribution >= 0.6 is 0 Å². The number of nitrogens with one attached hydrogen (secondary N) is 2. The van der Waals surface area contributed by atoms with E-state index in [9.17, 15) is 14.7 Å². The summed E-state index contributed by atoms with van der Waals surface area (Å²) < 4.78 is 13.3. The third kappa shape index (κ3) is 9.96. The highest BCUT2D eigenvalue weighted by Crippen LogP contribution is 2.39. The molecule has 0 unspecified atom stereocenters. The minimum Gasteiger partial charge on any atom is -0.392 e. The van der Waals surface area contributed by atoms with Crippen LogP contribution in [-0.4, -0.2) is 75.8 Å². The highest BCUT2D eigenvalue weighted by molar-refractivity contribution is 5.77. The summed E-state index contributed by atoms with van der Waals surface area (Å²) in [4.78, 5) is 37.1. The molecule has 0 saturated carbocycles. The number of aromatic nitrogens is 2. The first kappa shape index (κ1) is 36.1. The highest BCUT2D eigenvalue weighted by Gasteiger charge is 2.34. The zero-order valence-corrected chi connectivity index (χ0v) is 28.7. The first-order valence-electron chi connectivity index (χ1n) is 17.6. The predicted octanol–water partition coefficient (Wildman–Crippen LogP) is 4.69. The minimum atomic E-state index is -0.558. The summed E-state index contributed by atoms with van der Waals surface area (Å²) in [5, 5.41) is 21.2. The van der Waals surface area contributed by atoms with Gasteiger partial charge in [0.25, 0.3) is 0 Å². The molecular weight excluding hydrogens is 648 g/mol. The van der Waals surface area contributed by atoms with Crippen molar-refractivity contribution < 1.29 is 29.4 Å². The van der Waals surface area contributed by atoms with Crippen LogP contribution in [0.25, 0.3) is 11.1 Å². The molecule has 0 bridgehead atoms. The van der Waals surface area contributed by atoms with E-state index < -0.39 is 12.2 Å². The van der Waals surface area contributed by atoms with Gasteiger partial charge in [0, 0.05) is 76.5 Å². The van der Waals surface area contributed by atoms with Gasteiger partial charge in [0.1, 0.15) is 0 Å². The molecule has 4 N–H and O–H groups in total. The van der Waals surface area contributed by atoms with E-state index in [0.29, 0.717) is 32.2 Å². The van der Waals surface area contributed by atoms with Crippen LogP contribution in [0.15, 0.2) is 91.3 Å². The summed E-state index contributed by atoms with van der Waals surface area (Å²) in [6.45, 7) is 4.63. The van der Waals surface area contributed by atoms with E-state index in [1.54, 1.807) is 17.9 Å². The monoisotopic (exact) mass is 694 g/mol. The molecule has 6 rings (SSSR count). The van der Waals surface area contributed by atoms with Crippen molar-refractivity contribution in [2.45, 2.75) is 63.8 Å². The average molecular weight is 695 g/mol. The lowest BCUT2D eigenvalue weighted by atomic mass is 9.97. The van der Waals surface area contributed by atoms with Crippen LogP contribution in [0.3, 0.4) is 0 Å². The maximum Gasteiger partial charge on any atom is 0.243 e. The van der Waals surface area contributed by atoms with Gasteiger partial charge in [0.05, 0.1) is 18.8 Å². The smallest absolute Gasteiger partial charge is 0.243 e. The van der Waals surface area contributed by atoms with Gasteiger partial charge >= 0.3 is 0 Å². The first-order chi connectivity index (χ1) is 25.0. The number of anilines is 1. The van der Waals surface area contributed by atoms with Crippen LogP contribution in [-0.2, 0) is 32.2 Å². The number of ether oxygens (including phenoxy) is 2. The number of benzene rings is 3. The molecule has 0 radical (unpaired) electrons. The van der Waals surface area contributed by atoms with Crippen molar-refractivity contribution in [3.8, 4) is 11.1 Å². The van der Waals surface area contributed by atoms with Crippen LogP contribution in [0.2, 0.25) is 0 Å². The Labute approximate surface area is 298 Å². The molecule has 2 fully saturated rings. The molecule has 3 atom stereocenters. The number of carbonyl (C=O) groups is 2. The van der Waals surface area contributed by atoms with E-state index in [1.807, 2.05) is 66.7 Å². The fourth-order valence-electron chi connectivity index (χ4n) is 6.59. The van der Waals surface area contributed by atoms with Crippen molar-refractivity contribution in [1.82, 2.24) is 25.7 Å². The molecule has 2 amide bonds. The number of piperazine rings is 1. The number of nitrogens with zero attached hydrogens (tertiary/aromatic N) is 4. The van der Waals surface area contributed by atoms with Gasteiger partial charge in [-0.3, -0.25) is 19.7 Å². The maximum absolute atomic E-state index is 12.5. The lowest BCUT2D eigenvalue weighted by Crippen LogP contribution is -2.50. The molecule has 1 aromatic heterocycles. The molecule has 51 heavy (non-hydrogen) atoms. The Balaban J connectivity index is 1.11. The number of aliphatic hydroxyl groups is 1. The second-order valence-electron chi connectivity index (χ2n) is 13.0. The topological polar surface area (TPSA) is 149 Å². The molecule has 3 heterocycles. The first-order valence-corrected chi connectivity index (χ1v) is 17.6. The third-order valence-corrected chi connectivity index (χ3v) is 9.45. The largest absolute Gasteiger partial charge is 0.392 e. The van der Waals surface area contributed by atoms with Gasteiger partial charge in [-0.15, -0.1) is 0 Å². The molecule has 0 aliphatic carbocycles. The molecule has 4 aromatic rings. The number of unbranched alkanes of at least 4 members (excludes halogenated alkanes) is 1. The third-order valence-electron chi connectivity index (χ3n) is 9.45. The summed E-state index contributed by atoms with van der Waals surface area (Å²) in [7, 11) is 0. The zero-order chi connectivity index (χ0) is 35.4. The number of amides is 2. The van der Waals surface area contributed by atoms with E-state index in [2.05, 4.69) is 37.2 Å². The van der Waals surface area contributed by atoms with Crippen LogP contribution in [0.4, 0.5) is 5.95 Å². The van der Waals surface area contributed by atoms with Crippen LogP contribution in [0, 0.1) is 0 Å². The Morgan fingerprint density at radius 3 is 2.20 bits per heavy atom. The van der Waals surface area contributed by atoms with Gasteiger partial charge in [0.15, 0.2) is 6.29 Å². The van der Waals surface area contributed by atoms with Crippen LogP contribution in [0.1, 0.15) is 66.8 Å². The van der Waals surface area contributed by atoms with Crippen molar-refractivity contribution in [2.24, 2.45) is 0 Å². The van der Waals surface area contributed by atoms with Crippen molar-refractivity contribution in [3.05, 3.63) is 114 Å². The Morgan fingerprint density at radius 2 is 1.49 bits per heavy atom. The number of hydroxylamine groups is 1. The van der Waals surface area contributed by atoms with E-state index in [4.69, 9.17) is 14.7 Å². The normalized spacial score (nSPS) is 19.4. The Hall–Kier alpha value is -4.72. The summed E-state index contributed by atoms with van der Waals surface area (Å²) in [6.07, 6.45) is 5.06. The number of hydrogen-bond donors (Lipinski definition) is 4. The summed E-state index contributed by atoms with van der Waals surface area (Å²) in [5.74, 6) is 0.230. The molecule has 12 nitrogen and oxygen atoms in total. The zero-order valence-electron chi connectivity index (χ0n) is 28.7. The summed E-state index contributed by atoms with van der Waals surface area (Å²) in [5.41, 5.74) is 7.48. The molecule has 2 aliphatic rings. The van der Waals surface area contributed by atoms with Crippen molar-refractivity contribution in [2.75, 3.05) is 37.6 Å². The molecule has 2 aliphatic heterocycles. The molecule has 268 valence electrons. The van der Waals surface area contributed by atoms with E-state index >= 15 is 0 Å². The fourth-order valence-corrected chi connectivity index (χ4v) is 6.59. The van der Waals surface area contributed by atoms with Crippen molar-refractivity contribution >= 4 is 17.8 Å². The second-order valence-corrected chi connectivity index (χ2v) is 13.0. The van der Waals surface area contributed by atoms with E-state index in [-0.39, 0.29) is 31.1 Å². The maximum atomic E-state index is 12.5. The Kier molecular flexibility index (Phi) is 12.7. The van der Waals surface area contributed by atoms with Gasteiger partial charge in [-0.25, -0.2) is 15.4 Å². The Bertz CT molecular complexity index is 1700. The number of aliphatic hydroxyl groups excluding tert-OH is 1. The molecule has 12 heteroatoms. The predicted molar refractivity (Wildman–Crippen MR) is 191 cm³/mol. The quantitative estimate of drug-likeness (QED) is 0.0833.